The van der Waals surface area contributed by atoms with Gasteiger partial charge in [0.25, 0.3) is 0 Å². The molecule has 5 nitrogen and oxygen atoms in total. The van der Waals surface area contributed by atoms with Crippen molar-refractivity contribution in [1.82, 2.24) is 4.31 Å². The summed E-state index contributed by atoms with van der Waals surface area (Å²) in [4.78, 5) is 12.7. The number of carbonyl (C=O) groups excluding carboxylic acids is 1. The first-order chi connectivity index (χ1) is 15.1. The van der Waals surface area contributed by atoms with E-state index in [1.165, 1.54) is 24.3 Å². The molecule has 1 amide bonds. The van der Waals surface area contributed by atoms with Gasteiger partial charge in [-0.1, -0.05) is 58.5 Å². The van der Waals surface area contributed by atoms with E-state index in [2.05, 4.69) is 5.32 Å². The fourth-order valence-electron chi connectivity index (χ4n) is 2.85. The topological polar surface area (TPSA) is 66.5 Å². The van der Waals surface area contributed by atoms with Crippen LogP contribution in [0.3, 0.4) is 0 Å². The Labute approximate surface area is 206 Å². The van der Waals surface area contributed by atoms with Crippen LogP contribution in [0.5, 0.6) is 0 Å². The van der Waals surface area contributed by atoms with Crippen LogP contribution >= 0.6 is 46.4 Å². The molecule has 1 N–H and O–H groups in total. The maximum Gasteiger partial charge on any atom is 0.243 e. The van der Waals surface area contributed by atoms with Crippen LogP contribution in [-0.4, -0.2) is 25.2 Å². The highest BCUT2D eigenvalue weighted by Gasteiger charge is 2.27. The predicted molar refractivity (Wildman–Crippen MR) is 130 cm³/mol. The predicted octanol–water partition coefficient (Wildman–Crippen LogP) is 6.44. The van der Waals surface area contributed by atoms with E-state index < -0.39 is 22.5 Å². The minimum Gasteiger partial charge on any atom is -0.325 e. The smallest absolute Gasteiger partial charge is 0.243 e. The number of aryl methyl sites for hydroxylation is 1. The lowest BCUT2D eigenvalue weighted by atomic mass is 10.2. The third-order valence-corrected chi connectivity index (χ3v) is 7.77. The van der Waals surface area contributed by atoms with Crippen molar-refractivity contribution < 1.29 is 13.2 Å². The fourth-order valence-corrected chi connectivity index (χ4v) is 4.87. The molecular formula is C22H18Cl4N2O3S. The van der Waals surface area contributed by atoms with Gasteiger partial charge < -0.3 is 5.32 Å². The van der Waals surface area contributed by atoms with Crippen LogP contribution < -0.4 is 5.32 Å². The minimum absolute atomic E-state index is 0.00754. The summed E-state index contributed by atoms with van der Waals surface area (Å²) in [5.41, 5.74) is 1.89. The average Bonchev–Trinajstić information content (AvgIpc) is 2.73. The quantitative estimate of drug-likeness (QED) is 0.381. The lowest BCUT2D eigenvalue weighted by Crippen LogP contribution is -2.37. The lowest BCUT2D eigenvalue weighted by molar-refractivity contribution is -0.116. The van der Waals surface area contributed by atoms with Gasteiger partial charge in [-0.25, -0.2) is 8.42 Å². The summed E-state index contributed by atoms with van der Waals surface area (Å²) in [6.07, 6.45) is 0. The molecule has 0 saturated heterocycles. The Morgan fingerprint density at radius 1 is 0.875 bits per heavy atom. The summed E-state index contributed by atoms with van der Waals surface area (Å²) in [5, 5.41) is 4.20. The fraction of sp³-hybridized carbons (Fsp3) is 0.136. The normalized spacial score (nSPS) is 11.6. The molecule has 3 rings (SSSR count). The van der Waals surface area contributed by atoms with Gasteiger partial charge in [-0.05, 0) is 66.6 Å². The number of hydrogen-bond acceptors (Lipinski definition) is 3. The largest absolute Gasteiger partial charge is 0.325 e. The van der Waals surface area contributed by atoms with E-state index in [1.807, 2.05) is 6.92 Å². The van der Waals surface area contributed by atoms with Crippen LogP contribution in [-0.2, 0) is 21.4 Å². The van der Waals surface area contributed by atoms with Crippen LogP contribution in [0.2, 0.25) is 20.1 Å². The van der Waals surface area contributed by atoms with E-state index in [4.69, 9.17) is 46.4 Å². The molecule has 3 aromatic rings. The van der Waals surface area contributed by atoms with Gasteiger partial charge >= 0.3 is 0 Å². The Bertz CT molecular complexity index is 1250. The van der Waals surface area contributed by atoms with E-state index in [9.17, 15) is 13.2 Å². The van der Waals surface area contributed by atoms with Crippen LogP contribution in [0, 0.1) is 6.92 Å². The molecule has 0 aliphatic rings. The molecular weight excluding hydrogens is 514 g/mol. The molecule has 3 aromatic carbocycles. The van der Waals surface area contributed by atoms with Gasteiger partial charge in [0.15, 0.2) is 0 Å². The standard InChI is InChI=1S/C22H18Cl4N2O3S/c1-14-2-6-17(11-20(14)25)27-22(29)13-28(12-15-3-9-19(24)21(26)10-15)32(30,31)18-7-4-16(23)5-8-18/h2-11H,12-13H2,1H3,(H,27,29). The molecule has 0 aromatic heterocycles. The molecule has 0 saturated carbocycles. The van der Waals surface area contributed by atoms with Gasteiger partial charge in [-0.3, -0.25) is 4.79 Å². The lowest BCUT2D eigenvalue weighted by Gasteiger charge is -2.22. The second-order valence-electron chi connectivity index (χ2n) is 6.99. The van der Waals surface area contributed by atoms with Crippen LogP contribution in [0.25, 0.3) is 0 Å². The van der Waals surface area contributed by atoms with Crippen LogP contribution in [0.4, 0.5) is 5.69 Å². The highest BCUT2D eigenvalue weighted by molar-refractivity contribution is 7.89. The van der Waals surface area contributed by atoms with E-state index in [0.717, 1.165) is 9.87 Å². The van der Waals surface area contributed by atoms with Crippen molar-refractivity contribution in [3.8, 4) is 0 Å². The summed E-state index contributed by atoms with van der Waals surface area (Å²) < 4.78 is 27.7. The number of benzene rings is 3. The SMILES string of the molecule is Cc1ccc(NC(=O)CN(Cc2ccc(Cl)c(Cl)c2)S(=O)(=O)c2ccc(Cl)cc2)cc1Cl. The number of amides is 1. The molecule has 0 fully saturated rings. The molecule has 10 heteroatoms. The van der Waals surface area contributed by atoms with Gasteiger partial charge in [-0.2, -0.15) is 4.31 Å². The first-order valence-corrected chi connectivity index (χ1v) is 12.3. The molecule has 0 spiro atoms. The Hall–Kier alpha value is -1.80. The summed E-state index contributed by atoms with van der Waals surface area (Å²) in [7, 11) is -4.03. The van der Waals surface area contributed by atoms with Gasteiger partial charge in [0.05, 0.1) is 21.5 Å². The van der Waals surface area contributed by atoms with Crippen molar-refractivity contribution in [2.45, 2.75) is 18.4 Å². The molecule has 0 bridgehead atoms. The molecule has 0 aliphatic heterocycles. The average molecular weight is 532 g/mol. The molecule has 168 valence electrons. The molecule has 0 radical (unpaired) electrons. The first kappa shape index (κ1) is 24.8. The number of anilines is 1. The maximum atomic E-state index is 13.3. The van der Waals surface area contributed by atoms with Crippen LogP contribution in [0.15, 0.2) is 65.6 Å². The Kier molecular flexibility index (Phi) is 8.09. The second-order valence-corrected chi connectivity index (χ2v) is 10.6. The molecule has 0 atom stereocenters. The minimum atomic E-state index is -4.03. The van der Waals surface area contributed by atoms with Gasteiger partial charge in [0.1, 0.15) is 0 Å². The number of halogens is 4. The van der Waals surface area contributed by atoms with Crippen molar-refractivity contribution in [3.05, 3.63) is 91.9 Å². The zero-order valence-electron chi connectivity index (χ0n) is 16.8. The van der Waals surface area contributed by atoms with Crippen molar-refractivity contribution in [2.75, 3.05) is 11.9 Å². The van der Waals surface area contributed by atoms with E-state index in [-0.39, 0.29) is 16.5 Å². The van der Waals surface area contributed by atoms with Crippen LogP contribution in [0.1, 0.15) is 11.1 Å². The van der Waals surface area contributed by atoms with Gasteiger partial charge in [0.2, 0.25) is 15.9 Å². The molecule has 0 unspecified atom stereocenters. The zero-order valence-corrected chi connectivity index (χ0v) is 20.6. The second kappa shape index (κ2) is 10.4. The Morgan fingerprint density at radius 3 is 2.19 bits per heavy atom. The summed E-state index contributed by atoms with van der Waals surface area (Å²) in [6.45, 7) is 1.31. The maximum absolute atomic E-state index is 13.3. The summed E-state index contributed by atoms with van der Waals surface area (Å²) in [5.74, 6) is -0.525. The number of nitrogens with one attached hydrogen (secondary N) is 1. The van der Waals surface area contributed by atoms with Gasteiger partial charge in [-0.15, -0.1) is 0 Å². The third kappa shape index (κ3) is 6.16. The van der Waals surface area contributed by atoms with Crippen molar-refractivity contribution in [2.24, 2.45) is 0 Å². The number of sulfonamides is 1. The number of rotatable bonds is 7. The molecule has 0 heterocycles. The first-order valence-electron chi connectivity index (χ1n) is 9.32. The van der Waals surface area contributed by atoms with Crippen molar-refractivity contribution in [1.29, 1.82) is 0 Å². The summed E-state index contributed by atoms with van der Waals surface area (Å²) >= 11 is 24.0. The van der Waals surface area contributed by atoms with Gasteiger partial charge in [0, 0.05) is 22.3 Å². The van der Waals surface area contributed by atoms with E-state index in [1.54, 1.807) is 36.4 Å². The van der Waals surface area contributed by atoms with Crippen molar-refractivity contribution in [3.63, 3.8) is 0 Å². The van der Waals surface area contributed by atoms with E-state index in [0.29, 0.717) is 26.3 Å². The molecule has 32 heavy (non-hydrogen) atoms. The number of carbonyl (C=O) groups is 1. The number of hydrogen-bond donors (Lipinski definition) is 1. The third-order valence-electron chi connectivity index (χ3n) is 4.57. The number of nitrogens with zero attached hydrogens (tertiary/aromatic N) is 1. The highest BCUT2D eigenvalue weighted by Crippen LogP contribution is 2.26. The summed E-state index contributed by atoms with van der Waals surface area (Å²) in [6, 6.07) is 15.6. The highest BCUT2D eigenvalue weighted by atomic mass is 35.5. The Balaban J connectivity index is 1.89. The Morgan fingerprint density at radius 2 is 1.56 bits per heavy atom. The monoisotopic (exact) mass is 530 g/mol. The molecule has 0 aliphatic carbocycles. The zero-order chi connectivity index (χ0) is 23.5. The van der Waals surface area contributed by atoms with Crippen molar-refractivity contribution >= 4 is 68.0 Å². The van der Waals surface area contributed by atoms with E-state index >= 15 is 0 Å².